The lowest BCUT2D eigenvalue weighted by Crippen LogP contribution is -2.08. The molecule has 19 heavy (non-hydrogen) atoms. The second-order valence-corrected chi connectivity index (χ2v) is 5.18. The van der Waals surface area contributed by atoms with E-state index in [1.807, 2.05) is 24.3 Å². The molecule has 0 atom stereocenters. The van der Waals surface area contributed by atoms with Gasteiger partial charge >= 0.3 is 5.97 Å². The highest BCUT2D eigenvalue weighted by Gasteiger charge is 2.13. The fourth-order valence-electron chi connectivity index (χ4n) is 2.35. The first-order valence-electron chi connectivity index (χ1n) is 5.65. The van der Waals surface area contributed by atoms with Crippen LogP contribution in [0.3, 0.4) is 0 Å². The maximum atomic E-state index is 11.0. The largest absolute Gasteiger partial charge is 0.480 e. The van der Waals surface area contributed by atoms with Crippen LogP contribution >= 0.6 is 23.2 Å². The molecule has 96 valence electrons. The van der Waals surface area contributed by atoms with Gasteiger partial charge in [-0.15, -0.1) is 0 Å². The monoisotopic (exact) mass is 293 g/mol. The molecular formula is C14H9Cl2NO2. The molecule has 1 N–H and O–H groups in total. The molecule has 0 fully saturated rings. The molecule has 5 heteroatoms. The van der Waals surface area contributed by atoms with E-state index in [0.717, 1.165) is 21.8 Å². The van der Waals surface area contributed by atoms with Gasteiger partial charge < -0.3 is 9.67 Å². The van der Waals surface area contributed by atoms with E-state index < -0.39 is 5.97 Å². The summed E-state index contributed by atoms with van der Waals surface area (Å²) >= 11 is 12.0. The minimum Gasteiger partial charge on any atom is -0.480 e. The summed E-state index contributed by atoms with van der Waals surface area (Å²) in [5, 5.41) is 12.1. The fourth-order valence-corrected chi connectivity index (χ4v) is 2.70. The molecule has 2 aromatic carbocycles. The summed E-state index contributed by atoms with van der Waals surface area (Å²) in [5.41, 5.74) is 1.67. The molecular weight excluding hydrogens is 285 g/mol. The summed E-state index contributed by atoms with van der Waals surface area (Å²) < 4.78 is 1.75. The van der Waals surface area contributed by atoms with Crippen LogP contribution in [0.4, 0.5) is 0 Å². The van der Waals surface area contributed by atoms with Crippen LogP contribution in [-0.4, -0.2) is 15.6 Å². The zero-order valence-electron chi connectivity index (χ0n) is 9.73. The molecule has 0 spiro atoms. The van der Waals surface area contributed by atoms with E-state index in [9.17, 15) is 4.79 Å². The second-order valence-electron chi connectivity index (χ2n) is 4.30. The Labute approximate surface area is 119 Å². The van der Waals surface area contributed by atoms with E-state index in [4.69, 9.17) is 28.3 Å². The van der Waals surface area contributed by atoms with Crippen LogP contribution in [-0.2, 0) is 11.3 Å². The molecule has 3 rings (SSSR count). The quantitative estimate of drug-likeness (QED) is 0.770. The highest BCUT2D eigenvalue weighted by atomic mass is 35.5. The lowest BCUT2D eigenvalue weighted by atomic mass is 10.1. The highest BCUT2D eigenvalue weighted by molar-refractivity contribution is 6.33. The number of aliphatic carboxylic acids is 1. The van der Waals surface area contributed by atoms with Crippen LogP contribution in [0, 0.1) is 0 Å². The van der Waals surface area contributed by atoms with Crippen molar-refractivity contribution in [2.75, 3.05) is 0 Å². The van der Waals surface area contributed by atoms with Crippen molar-refractivity contribution in [1.82, 2.24) is 4.57 Å². The van der Waals surface area contributed by atoms with Crippen LogP contribution in [0.15, 0.2) is 36.4 Å². The first-order chi connectivity index (χ1) is 9.06. The standard InChI is InChI=1S/C14H9Cl2NO2/c15-8-1-3-12-10(5-8)11-6-9(16)2-4-13(11)17(12)7-14(18)19/h1-6H,7H2,(H,18,19). The third kappa shape index (κ3) is 2.05. The molecule has 0 amide bonds. The minimum atomic E-state index is -0.885. The normalized spacial score (nSPS) is 11.3. The number of carbonyl (C=O) groups is 1. The zero-order valence-corrected chi connectivity index (χ0v) is 11.2. The van der Waals surface area contributed by atoms with Crippen molar-refractivity contribution in [3.63, 3.8) is 0 Å². The summed E-state index contributed by atoms with van der Waals surface area (Å²) in [6.07, 6.45) is 0. The van der Waals surface area contributed by atoms with E-state index in [2.05, 4.69) is 0 Å². The Morgan fingerprint density at radius 1 is 1.00 bits per heavy atom. The third-order valence-corrected chi connectivity index (χ3v) is 3.55. The molecule has 1 heterocycles. The number of carboxylic acids is 1. The summed E-state index contributed by atoms with van der Waals surface area (Å²) in [6.45, 7) is -0.0940. The smallest absolute Gasteiger partial charge is 0.323 e. The number of hydrogen-bond acceptors (Lipinski definition) is 1. The van der Waals surface area contributed by atoms with E-state index in [0.29, 0.717) is 10.0 Å². The maximum Gasteiger partial charge on any atom is 0.323 e. The van der Waals surface area contributed by atoms with Crippen molar-refractivity contribution in [2.24, 2.45) is 0 Å². The molecule has 3 aromatic rings. The number of halogens is 2. The molecule has 3 nitrogen and oxygen atoms in total. The van der Waals surface area contributed by atoms with Gasteiger partial charge in [0, 0.05) is 31.9 Å². The molecule has 0 saturated heterocycles. The van der Waals surface area contributed by atoms with Gasteiger partial charge in [0.1, 0.15) is 6.54 Å². The van der Waals surface area contributed by atoms with E-state index in [-0.39, 0.29) is 6.54 Å². The number of carboxylic acid groups (broad SMARTS) is 1. The fraction of sp³-hybridized carbons (Fsp3) is 0.0714. The lowest BCUT2D eigenvalue weighted by Gasteiger charge is -2.03. The van der Waals surface area contributed by atoms with Crippen molar-refractivity contribution in [2.45, 2.75) is 6.54 Å². The zero-order chi connectivity index (χ0) is 13.6. The first-order valence-corrected chi connectivity index (χ1v) is 6.40. The van der Waals surface area contributed by atoms with Gasteiger partial charge in [-0.05, 0) is 36.4 Å². The van der Waals surface area contributed by atoms with Gasteiger partial charge in [0.2, 0.25) is 0 Å². The molecule has 0 bridgehead atoms. The Morgan fingerprint density at radius 3 is 1.89 bits per heavy atom. The van der Waals surface area contributed by atoms with Gasteiger partial charge in [-0.2, -0.15) is 0 Å². The highest BCUT2D eigenvalue weighted by Crippen LogP contribution is 2.32. The Balaban J connectivity index is 2.46. The van der Waals surface area contributed by atoms with Crippen molar-refractivity contribution in [1.29, 1.82) is 0 Å². The van der Waals surface area contributed by atoms with Crippen molar-refractivity contribution < 1.29 is 9.90 Å². The Kier molecular flexibility index (Phi) is 2.88. The molecule has 0 aliphatic carbocycles. The number of benzene rings is 2. The summed E-state index contributed by atoms with van der Waals surface area (Å²) in [7, 11) is 0. The summed E-state index contributed by atoms with van der Waals surface area (Å²) in [4.78, 5) is 11.0. The van der Waals surface area contributed by atoms with E-state index >= 15 is 0 Å². The SMILES string of the molecule is O=C(O)Cn1c2ccc(Cl)cc2c2cc(Cl)ccc21. The van der Waals surface area contributed by atoms with Crippen LogP contribution in [0.1, 0.15) is 0 Å². The minimum absolute atomic E-state index is 0.0940. The molecule has 0 unspecified atom stereocenters. The maximum absolute atomic E-state index is 11.0. The summed E-state index contributed by atoms with van der Waals surface area (Å²) in [6, 6.07) is 10.8. The second kappa shape index (κ2) is 4.44. The van der Waals surface area contributed by atoms with Crippen LogP contribution in [0.25, 0.3) is 21.8 Å². The Morgan fingerprint density at radius 2 is 1.47 bits per heavy atom. The number of hydrogen-bond donors (Lipinski definition) is 1. The summed E-state index contributed by atoms with van der Waals surface area (Å²) in [5.74, 6) is -0.885. The average molecular weight is 294 g/mol. The van der Waals surface area contributed by atoms with Crippen LogP contribution in [0.2, 0.25) is 10.0 Å². The molecule has 0 aliphatic rings. The predicted molar refractivity (Wildman–Crippen MR) is 77.1 cm³/mol. The van der Waals surface area contributed by atoms with Crippen molar-refractivity contribution in [3.8, 4) is 0 Å². The number of aromatic nitrogens is 1. The Bertz CT molecular complexity index is 749. The lowest BCUT2D eigenvalue weighted by molar-refractivity contribution is -0.137. The van der Waals surface area contributed by atoms with E-state index in [1.54, 1.807) is 16.7 Å². The van der Waals surface area contributed by atoms with E-state index in [1.165, 1.54) is 0 Å². The van der Waals surface area contributed by atoms with Crippen LogP contribution in [0.5, 0.6) is 0 Å². The molecule has 1 aromatic heterocycles. The van der Waals surface area contributed by atoms with Gasteiger partial charge in [0.25, 0.3) is 0 Å². The van der Waals surface area contributed by atoms with Crippen molar-refractivity contribution in [3.05, 3.63) is 46.4 Å². The van der Waals surface area contributed by atoms with Gasteiger partial charge in [-0.3, -0.25) is 4.79 Å². The number of nitrogens with zero attached hydrogens (tertiary/aromatic N) is 1. The number of fused-ring (bicyclic) bond motifs is 3. The van der Waals surface area contributed by atoms with Crippen molar-refractivity contribution >= 4 is 51.0 Å². The van der Waals surface area contributed by atoms with Gasteiger partial charge in [-0.1, -0.05) is 23.2 Å². The Hall–Kier alpha value is -1.71. The van der Waals surface area contributed by atoms with Gasteiger partial charge in [0.15, 0.2) is 0 Å². The predicted octanol–water partition coefficient (Wildman–Crippen LogP) is 4.19. The number of rotatable bonds is 2. The molecule has 0 saturated carbocycles. The average Bonchev–Trinajstić information content (AvgIpc) is 2.62. The van der Waals surface area contributed by atoms with Crippen LogP contribution < -0.4 is 0 Å². The topological polar surface area (TPSA) is 42.2 Å². The third-order valence-electron chi connectivity index (χ3n) is 3.08. The molecule has 0 radical (unpaired) electrons. The first kappa shape index (κ1) is 12.3. The van der Waals surface area contributed by atoms with Gasteiger partial charge in [0.05, 0.1) is 0 Å². The molecule has 0 aliphatic heterocycles. The van der Waals surface area contributed by atoms with Gasteiger partial charge in [-0.25, -0.2) is 0 Å².